The maximum atomic E-state index is 10.9. The fraction of sp³-hybridized carbons (Fsp3) is 0.533. The summed E-state index contributed by atoms with van der Waals surface area (Å²) in [5.41, 5.74) is 0.610. The molecule has 1 saturated heterocycles. The summed E-state index contributed by atoms with van der Waals surface area (Å²) in [6.07, 6.45) is 2.03. The number of nitriles is 1. The van der Waals surface area contributed by atoms with Crippen LogP contribution >= 0.6 is 0 Å². The Morgan fingerprint density at radius 2 is 2.13 bits per heavy atom. The van der Waals surface area contributed by atoms with E-state index in [1.54, 1.807) is 24.3 Å². The molecule has 0 spiro atoms. The first kappa shape index (κ1) is 17.7. The Hall–Kier alpha value is -1.66. The number of hydrogen-bond donors (Lipinski definition) is 2. The second-order valence-corrected chi connectivity index (χ2v) is 7.07. The number of ether oxygens (including phenoxy) is 1. The summed E-state index contributed by atoms with van der Waals surface area (Å²) >= 11 is 0. The molecule has 23 heavy (non-hydrogen) atoms. The second-order valence-electron chi connectivity index (χ2n) is 5.69. The number of hydrogen-bond acceptors (Lipinski definition) is 5. The number of nitrogens with zero attached hydrogens (tertiary/aromatic N) is 2. The van der Waals surface area contributed by atoms with E-state index in [4.69, 9.17) is 15.1 Å². The molecular weight excluding hydrogens is 316 g/mol. The van der Waals surface area contributed by atoms with Crippen LogP contribution in [0, 0.1) is 17.2 Å². The van der Waals surface area contributed by atoms with Gasteiger partial charge in [0.2, 0.25) is 0 Å². The standard InChI is InChI=1S/C15H22N4O3S/c16-10-13-3-5-15(6-4-13)22-9-8-19-7-1-2-14(12-19)11-18-23(17,20)21/h3-6,14,18H,1-2,7-9,11-12H2,(H2,17,20,21)/t14-/m1/s1. The summed E-state index contributed by atoms with van der Waals surface area (Å²) in [5, 5.41) is 13.7. The largest absolute Gasteiger partial charge is 0.492 e. The van der Waals surface area contributed by atoms with Crippen molar-refractivity contribution in [2.75, 3.05) is 32.8 Å². The summed E-state index contributed by atoms with van der Waals surface area (Å²) in [6.45, 7) is 3.54. The third kappa shape index (κ3) is 6.54. The van der Waals surface area contributed by atoms with E-state index >= 15 is 0 Å². The van der Waals surface area contributed by atoms with Crippen molar-refractivity contribution in [2.45, 2.75) is 12.8 Å². The summed E-state index contributed by atoms with van der Waals surface area (Å²) in [5.74, 6) is 1.02. The fourth-order valence-corrected chi connectivity index (χ4v) is 3.14. The molecule has 0 radical (unpaired) electrons. The highest BCUT2D eigenvalue weighted by Crippen LogP contribution is 2.16. The average molecular weight is 338 g/mol. The van der Waals surface area contributed by atoms with Gasteiger partial charge in [0.1, 0.15) is 12.4 Å². The predicted molar refractivity (Wildman–Crippen MR) is 86.9 cm³/mol. The number of nitrogens with two attached hydrogens (primary N) is 1. The first-order valence-electron chi connectivity index (χ1n) is 7.59. The van der Waals surface area contributed by atoms with Gasteiger partial charge in [-0.3, -0.25) is 4.90 Å². The minimum Gasteiger partial charge on any atom is -0.492 e. The molecule has 3 N–H and O–H groups in total. The third-order valence-corrected chi connectivity index (χ3v) is 4.40. The smallest absolute Gasteiger partial charge is 0.274 e. The molecule has 1 heterocycles. The highest BCUT2D eigenvalue weighted by atomic mass is 32.2. The van der Waals surface area contributed by atoms with Crippen LogP contribution in [0.4, 0.5) is 0 Å². The van der Waals surface area contributed by atoms with E-state index in [2.05, 4.69) is 15.7 Å². The number of likely N-dealkylation sites (tertiary alicyclic amines) is 1. The monoisotopic (exact) mass is 338 g/mol. The van der Waals surface area contributed by atoms with Crippen LogP contribution < -0.4 is 14.6 Å². The van der Waals surface area contributed by atoms with Crippen LogP contribution in [0.5, 0.6) is 5.75 Å². The van der Waals surface area contributed by atoms with Crippen molar-refractivity contribution in [3.63, 3.8) is 0 Å². The van der Waals surface area contributed by atoms with Crippen LogP contribution in [0.1, 0.15) is 18.4 Å². The van der Waals surface area contributed by atoms with Gasteiger partial charge >= 0.3 is 0 Å². The van der Waals surface area contributed by atoms with Crippen molar-refractivity contribution in [1.29, 1.82) is 5.26 Å². The van der Waals surface area contributed by atoms with Gasteiger partial charge in [-0.15, -0.1) is 0 Å². The molecule has 0 amide bonds. The molecule has 8 heteroatoms. The van der Waals surface area contributed by atoms with E-state index in [-0.39, 0.29) is 5.92 Å². The molecule has 0 unspecified atom stereocenters. The van der Waals surface area contributed by atoms with Gasteiger partial charge in [-0.05, 0) is 49.6 Å². The lowest BCUT2D eigenvalue weighted by Gasteiger charge is -2.32. The molecule has 0 aromatic heterocycles. The average Bonchev–Trinajstić information content (AvgIpc) is 2.53. The zero-order chi connectivity index (χ0) is 16.7. The summed E-state index contributed by atoms with van der Waals surface area (Å²) in [6, 6.07) is 9.09. The molecule has 1 aliphatic rings. The van der Waals surface area contributed by atoms with Crippen molar-refractivity contribution in [3.8, 4) is 11.8 Å². The Labute approximate surface area is 137 Å². The first-order chi connectivity index (χ1) is 11.0. The van der Waals surface area contributed by atoms with Crippen molar-refractivity contribution < 1.29 is 13.2 Å². The molecule has 1 aromatic rings. The van der Waals surface area contributed by atoms with Crippen LogP contribution in [0.2, 0.25) is 0 Å². The second kappa shape index (κ2) is 8.26. The summed E-state index contributed by atoms with van der Waals surface area (Å²) in [4.78, 5) is 2.27. The van der Waals surface area contributed by atoms with E-state index in [0.717, 1.165) is 38.2 Å². The molecule has 0 saturated carbocycles. The quantitative estimate of drug-likeness (QED) is 0.750. The number of piperidine rings is 1. The minimum atomic E-state index is -3.62. The summed E-state index contributed by atoms with van der Waals surface area (Å²) < 4.78 is 29.9. The highest BCUT2D eigenvalue weighted by Gasteiger charge is 2.20. The molecule has 0 aliphatic carbocycles. The molecular formula is C15H22N4O3S. The van der Waals surface area contributed by atoms with Gasteiger partial charge in [-0.25, -0.2) is 9.86 Å². The maximum Gasteiger partial charge on any atom is 0.274 e. The molecule has 1 fully saturated rings. The van der Waals surface area contributed by atoms with Gasteiger partial charge in [-0.2, -0.15) is 13.7 Å². The molecule has 0 bridgehead atoms. The lowest BCUT2D eigenvalue weighted by molar-refractivity contribution is 0.148. The fourth-order valence-electron chi connectivity index (χ4n) is 2.67. The maximum absolute atomic E-state index is 10.9. The van der Waals surface area contributed by atoms with Gasteiger partial charge in [0.25, 0.3) is 10.2 Å². The Kier molecular flexibility index (Phi) is 6.36. The number of benzene rings is 1. The van der Waals surface area contributed by atoms with Crippen LogP contribution in [0.3, 0.4) is 0 Å². The van der Waals surface area contributed by atoms with Crippen molar-refractivity contribution in [1.82, 2.24) is 9.62 Å². The SMILES string of the molecule is N#Cc1ccc(OCCN2CCC[C@H](CNS(N)(=O)=O)C2)cc1. The van der Waals surface area contributed by atoms with Gasteiger partial charge in [0.15, 0.2) is 0 Å². The Morgan fingerprint density at radius 3 is 2.78 bits per heavy atom. The van der Waals surface area contributed by atoms with E-state index in [1.807, 2.05) is 0 Å². The molecule has 1 atom stereocenters. The van der Waals surface area contributed by atoms with Gasteiger partial charge in [0.05, 0.1) is 11.6 Å². The molecule has 1 aliphatic heterocycles. The van der Waals surface area contributed by atoms with E-state index < -0.39 is 10.2 Å². The van der Waals surface area contributed by atoms with Crippen molar-refractivity contribution in [2.24, 2.45) is 11.1 Å². The highest BCUT2D eigenvalue weighted by molar-refractivity contribution is 7.87. The number of rotatable bonds is 7. The first-order valence-corrected chi connectivity index (χ1v) is 9.13. The zero-order valence-corrected chi connectivity index (χ0v) is 13.8. The summed E-state index contributed by atoms with van der Waals surface area (Å²) in [7, 11) is -3.62. The topological polar surface area (TPSA) is 108 Å². The lowest BCUT2D eigenvalue weighted by Crippen LogP contribution is -2.43. The van der Waals surface area contributed by atoms with Crippen LogP contribution in [-0.2, 0) is 10.2 Å². The normalized spacial score (nSPS) is 19.2. The van der Waals surface area contributed by atoms with Gasteiger partial charge in [0, 0.05) is 19.6 Å². The van der Waals surface area contributed by atoms with Gasteiger partial charge in [-0.1, -0.05) is 0 Å². The Balaban J connectivity index is 1.71. The molecule has 7 nitrogen and oxygen atoms in total. The minimum absolute atomic E-state index is 0.275. The van der Waals surface area contributed by atoms with Crippen LogP contribution in [-0.4, -0.2) is 46.1 Å². The van der Waals surface area contributed by atoms with Gasteiger partial charge < -0.3 is 4.74 Å². The molecule has 2 rings (SSSR count). The Bertz CT molecular complexity index is 640. The molecule has 126 valence electrons. The van der Waals surface area contributed by atoms with E-state index in [1.165, 1.54) is 0 Å². The van der Waals surface area contributed by atoms with E-state index in [0.29, 0.717) is 18.7 Å². The molecule has 1 aromatic carbocycles. The Morgan fingerprint density at radius 1 is 1.39 bits per heavy atom. The van der Waals surface area contributed by atoms with E-state index in [9.17, 15) is 8.42 Å². The van der Waals surface area contributed by atoms with Crippen molar-refractivity contribution in [3.05, 3.63) is 29.8 Å². The lowest BCUT2D eigenvalue weighted by atomic mass is 9.98. The van der Waals surface area contributed by atoms with Crippen molar-refractivity contribution >= 4 is 10.2 Å². The van der Waals surface area contributed by atoms with Crippen LogP contribution in [0.25, 0.3) is 0 Å². The van der Waals surface area contributed by atoms with Crippen LogP contribution in [0.15, 0.2) is 24.3 Å². The third-order valence-electron chi connectivity index (χ3n) is 3.84. The predicted octanol–water partition coefficient (Wildman–Crippen LogP) is 0.442. The zero-order valence-electron chi connectivity index (χ0n) is 12.9. The number of nitrogens with one attached hydrogen (secondary N) is 1.